The van der Waals surface area contributed by atoms with Crippen LogP contribution in [0.2, 0.25) is 0 Å². The summed E-state index contributed by atoms with van der Waals surface area (Å²) in [4.78, 5) is 22.6. The molecule has 2 saturated heterocycles. The van der Waals surface area contributed by atoms with Gasteiger partial charge in [-0.3, -0.25) is 4.57 Å². The van der Waals surface area contributed by atoms with Crippen LogP contribution in [0, 0.1) is 11.8 Å². The second-order valence-corrected chi connectivity index (χ2v) is 14.2. The fraction of sp³-hybridized carbons (Fsp3) is 0.556. The number of aliphatic hydroxyl groups is 2. The first-order valence-electron chi connectivity index (χ1n) is 17.7. The van der Waals surface area contributed by atoms with Crippen LogP contribution in [-0.2, 0) is 13.6 Å². The minimum atomic E-state index is -2.89. The summed E-state index contributed by atoms with van der Waals surface area (Å²) in [5.74, 6) is 4.22. The summed E-state index contributed by atoms with van der Waals surface area (Å²) in [6.07, 6.45) is 8.85. The highest BCUT2D eigenvalue weighted by Gasteiger charge is 2.26. The highest BCUT2D eigenvalue weighted by Crippen LogP contribution is 2.36. The van der Waals surface area contributed by atoms with E-state index in [0.717, 1.165) is 110 Å². The lowest BCUT2D eigenvalue weighted by Gasteiger charge is -2.34. The number of methoxy groups -OCH3 is 2. The summed E-state index contributed by atoms with van der Waals surface area (Å²) in [6, 6.07) is 11.8. The van der Waals surface area contributed by atoms with E-state index < -0.39 is 20.5 Å². The average Bonchev–Trinajstić information content (AvgIpc) is 3.17. The first-order valence-corrected chi connectivity index (χ1v) is 18.9. The van der Waals surface area contributed by atoms with Crippen molar-refractivity contribution in [3.63, 3.8) is 0 Å². The van der Waals surface area contributed by atoms with Crippen LogP contribution < -0.4 is 19.3 Å². The molecule has 0 amide bonds. The maximum Gasteiger partial charge on any atom is 0.319 e. The molecule has 2 unspecified atom stereocenters. The number of benzene rings is 2. The quantitative estimate of drug-likeness (QED) is 0.143. The lowest BCUT2D eigenvalue weighted by Crippen LogP contribution is -2.35. The van der Waals surface area contributed by atoms with Crippen LogP contribution in [0.3, 0.4) is 0 Å². The van der Waals surface area contributed by atoms with Gasteiger partial charge in [0.1, 0.15) is 46.8 Å². The Hall–Kier alpha value is -3.61. The number of nitrogens with zero attached hydrogens (tertiary/aromatic N) is 6. The molecular weight excluding hydrogens is 659 g/mol. The van der Waals surface area contributed by atoms with Crippen LogP contribution in [0.4, 0.5) is 11.6 Å². The van der Waals surface area contributed by atoms with E-state index in [4.69, 9.17) is 18.5 Å². The zero-order valence-electron chi connectivity index (χ0n) is 28.9. The van der Waals surface area contributed by atoms with Crippen molar-refractivity contribution in [2.24, 2.45) is 11.8 Å². The van der Waals surface area contributed by atoms with Crippen molar-refractivity contribution in [2.45, 2.75) is 63.6 Å². The SMILES string of the molecule is COc1cccc2c(N3CCC(CCC(CO)O[PH](=O)OC(CO)CCC4CCN(c5ncnc6c(OC)cccc56)CC4)CC3)ncnc12. The number of aromatic nitrogens is 4. The molecule has 4 heterocycles. The van der Waals surface area contributed by atoms with Crippen molar-refractivity contribution >= 4 is 41.7 Å². The molecule has 0 spiro atoms. The lowest BCUT2D eigenvalue weighted by atomic mass is 9.91. The summed E-state index contributed by atoms with van der Waals surface area (Å²) in [5, 5.41) is 21.9. The highest BCUT2D eigenvalue weighted by molar-refractivity contribution is 7.33. The van der Waals surface area contributed by atoms with Gasteiger partial charge in [0.15, 0.2) is 0 Å². The van der Waals surface area contributed by atoms with Crippen molar-refractivity contribution in [2.75, 3.05) is 63.4 Å². The maximum atomic E-state index is 12.9. The standard InChI is InChI=1S/C36H49N6O7P/c1-46-31-7-3-5-29-33(31)37-23-39-35(29)41-17-13-25(14-18-41)9-11-27(21-43)48-50(45)49-28(22-44)12-10-26-15-19-42(20-16-26)36-30-6-4-8-32(47-2)34(30)38-24-40-36/h3-8,23-28,43-44,50H,9-22H2,1-2H3. The first kappa shape index (κ1) is 36.2. The van der Waals surface area contributed by atoms with Crippen molar-refractivity contribution in [1.29, 1.82) is 0 Å². The smallest absolute Gasteiger partial charge is 0.319 e. The molecule has 2 atom stereocenters. The topological polar surface area (TPSA) is 152 Å². The zero-order valence-corrected chi connectivity index (χ0v) is 29.9. The predicted octanol–water partition coefficient (Wildman–Crippen LogP) is 5.43. The van der Waals surface area contributed by atoms with Crippen molar-refractivity contribution in [3.05, 3.63) is 49.1 Å². The van der Waals surface area contributed by atoms with Crippen LogP contribution in [0.15, 0.2) is 49.1 Å². The van der Waals surface area contributed by atoms with Gasteiger partial charge < -0.3 is 38.5 Å². The average molecular weight is 709 g/mol. The van der Waals surface area contributed by atoms with Crippen LogP contribution in [0.25, 0.3) is 21.8 Å². The van der Waals surface area contributed by atoms with Crippen molar-refractivity contribution in [1.82, 2.24) is 19.9 Å². The molecule has 2 aliphatic heterocycles. The minimum absolute atomic E-state index is 0.232. The Labute approximate surface area is 293 Å². The van der Waals surface area contributed by atoms with Crippen LogP contribution in [0.5, 0.6) is 11.5 Å². The summed E-state index contributed by atoms with van der Waals surface area (Å²) >= 11 is 0. The number of rotatable bonds is 16. The van der Waals surface area contributed by atoms with Crippen molar-refractivity contribution in [3.8, 4) is 11.5 Å². The van der Waals surface area contributed by atoms with E-state index in [1.54, 1.807) is 26.9 Å². The summed E-state index contributed by atoms with van der Waals surface area (Å²) in [7, 11) is 0.402. The molecule has 270 valence electrons. The molecule has 0 saturated carbocycles. The molecule has 2 aromatic heterocycles. The number of para-hydroxylation sites is 2. The third kappa shape index (κ3) is 8.63. The normalized spacial score (nSPS) is 18.0. The fourth-order valence-corrected chi connectivity index (χ4v) is 8.30. The van der Waals surface area contributed by atoms with Crippen LogP contribution in [0.1, 0.15) is 51.4 Å². The van der Waals surface area contributed by atoms with Gasteiger partial charge in [0.2, 0.25) is 0 Å². The van der Waals surface area contributed by atoms with Gasteiger partial charge in [0.05, 0.1) is 39.6 Å². The zero-order chi connectivity index (χ0) is 34.9. The second kappa shape index (κ2) is 17.5. The molecule has 2 aliphatic rings. The van der Waals surface area contributed by atoms with Crippen LogP contribution in [-0.4, -0.2) is 96.0 Å². The number of hydrogen-bond acceptors (Lipinski definition) is 13. The molecule has 2 aromatic carbocycles. The lowest BCUT2D eigenvalue weighted by molar-refractivity contribution is 0.0549. The van der Waals surface area contributed by atoms with Crippen molar-refractivity contribution < 1.29 is 33.3 Å². The number of hydrogen-bond donors (Lipinski definition) is 2. The Balaban J connectivity index is 0.912. The van der Waals surface area contributed by atoms with Gasteiger partial charge in [-0.15, -0.1) is 0 Å². The molecule has 0 aliphatic carbocycles. The first-order chi connectivity index (χ1) is 24.5. The van der Waals surface area contributed by atoms with E-state index >= 15 is 0 Å². The largest absolute Gasteiger partial charge is 0.494 e. The number of anilines is 2. The fourth-order valence-electron chi connectivity index (χ4n) is 7.31. The minimum Gasteiger partial charge on any atom is -0.494 e. The maximum absolute atomic E-state index is 12.9. The number of piperidine rings is 2. The van der Waals surface area contributed by atoms with E-state index in [2.05, 4.69) is 29.7 Å². The molecular formula is C36H49N6O7P. The Kier molecular flexibility index (Phi) is 12.7. The molecule has 2 fully saturated rings. The van der Waals surface area contributed by atoms with Gasteiger partial charge in [-0.1, -0.05) is 12.1 Å². The molecule has 4 aromatic rings. The monoisotopic (exact) mass is 708 g/mol. The summed E-state index contributed by atoms with van der Waals surface area (Å²) < 4.78 is 35.2. The van der Waals surface area contributed by atoms with E-state index in [1.807, 2.05) is 36.4 Å². The molecule has 6 rings (SSSR count). The van der Waals surface area contributed by atoms with E-state index in [0.29, 0.717) is 24.7 Å². The summed E-state index contributed by atoms with van der Waals surface area (Å²) in [6.45, 7) is 2.99. The summed E-state index contributed by atoms with van der Waals surface area (Å²) in [5.41, 5.74) is 1.61. The third-order valence-corrected chi connectivity index (χ3v) is 11.3. The van der Waals surface area contributed by atoms with E-state index in [1.165, 1.54) is 0 Å². The number of fused-ring (bicyclic) bond motifs is 2. The van der Waals surface area contributed by atoms with E-state index in [-0.39, 0.29) is 13.2 Å². The molecule has 13 nitrogen and oxygen atoms in total. The molecule has 0 bridgehead atoms. The van der Waals surface area contributed by atoms with Gasteiger partial charge >= 0.3 is 8.25 Å². The Morgan fingerprint density at radius 1 is 0.700 bits per heavy atom. The number of aliphatic hydroxyl groups excluding tert-OH is 2. The highest BCUT2D eigenvalue weighted by atomic mass is 31.1. The Morgan fingerprint density at radius 3 is 1.50 bits per heavy atom. The van der Waals surface area contributed by atoms with Gasteiger partial charge in [-0.25, -0.2) is 19.9 Å². The second-order valence-electron chi connectivity index (χ2n) is 13.2. The van der Waals surface area contributed by atoms with Gasteiger partial charge in [-0.2, -0.15) is 0 Å². The molecule has 2 N–H and O–H groups in total. The van der Waals surface area contributed by atoms with Crippen LogP contribution >= 0.6 is 8.25 Å². The Bertz CT molecular complexity index is 1590. The molecule has 14 heteroatoms. The van der Waals surface area contributed by atoms with Gasteiger partial charge in [0, 0.05) is 37.0 Å². The molecule has 50 heavy (non-hydrogen) atoms. The van der Waals surface area contributed by atoms with E-state index in [9.17, 15) is 14.8 Å². The number of ether oxygens (including phenoxy) is 2. The predicted molar refractivity (Wildman–Crippen MR) is 193 cm³/mol. The third-order valence-electron chi connectivity index (χ3n) is 10.2. The van der Waals surface area contributed by atoms with Gasteiger partial charge in [-0.05, 0) is 87.5 Å². The Morgan fingerprint density at radius 2 is 1.12 bits per heavy atom. The van der Waals surface area contributed by atoms with Gasteiger partial charge in [0.25, 0.3) is 0 Å². The molecule has 0 radical (unpaired) electrons.